The molecule has 0 radical (unpaired) electrons. The first-order chi connectivity index (χ1) is 12.6. The summed E-state index contributed by atoms with van der Waals surface area (Å²) in [6, 6.07) is 3.52. The summed E-state index contributed by atoms with van der Waals surface area (Å²) in [5.41, 5.74) is 1.57. The Labute approximate surface area is 157 Å². The molecule has 1 unspecified atom stereocenters. The molecule has 6 heteroatoms. The summed E-state index contributed by atoms with van der Waals surface area (Å²) in [5.74, 6) is 0.587. The molecule has 1 aliphatic carbocycles. The highest BCUT2D eigenvalue weighted by molar-refractivity contribution is 7.17. The minimum absolute atomic E-state index is 0.294. The molecule has 1 aliphatic rings. The van der Waals surface area contributed by atoms with Crippen molar-refractivity contribution < 1.29 is 18.7 Å². The third-order valence-electron chi connectivity index (χ3n) is 4.60. The van der Waals surface area contributed by atoms with Gasteiger partial charge >= 0.3 is 5.97 Å². The number of amides is 1. The van der Waals surface area contributed by atoms with Crippen LogP contribution in [0.25, 0.3) is 6.08 Å². The third-order valence-corrected chi connectivity index (χ3v) is 5.77. The third kappa shape index (κ3) is 4.07. The maximum Gasteiger partial charge on any atom is 0.341 e. The maximum absolute atomic E-state index is 12.5. The quantitative estimate of drug-likeness (QED) is 0.589. The highest BCUT2D eigenvalue weighted by Crippen LogP contribution is 2.40. The molecular formula is C20H23NO4S. The number of ether oxygens (including phenoxy) is 1. The van der Waals surface area contributed by atoms with E-state index in [1.807, 2.05) is 0 Å². The molecule has 0 saturated carbocycles. The Kier molecular flexibility index (Phi) is 5.93. The van der Waals surface area contributed by atoms with Crippen molar-refractivity contribution in [2.75, 3.05) is 11.9 Å². The van der Waals surface area contributed by atoms with Gasteiger partial charge in [-0.1, -0.05) is 13.3 Å². The smallest absolute Gasteiger partial charge is 0.341 e. The van der Waals surface area contributed by atoms with Crippen molar-refractivity contribution in [3.05, 3.63) is 46.2 Å². The molecule has 1 amide bonds. The van der Waals surface area contributed by atoms with Crippen LogP contribution < -0.4 is 5.32 Å². The number of hydrogen-bond donors (Lipinski definition) is 1. The Hall–Kier alpha value is -2.34. The van der Waals surface area contributed by atoms with Gasteiger partial charge < -0.3 is 14.5 Å². The van der Waals surface area contributed by atoms with Crippen molar-refractivity contribution >= 4 is 34.3 Å². The molecule has 0 aliphatic heterocycles. The number of carbonyl (C=O) groups excluding carboxylic acids is 2. The molecule has 2 heterocycles. The van der Waals surface area contributed by atoms with Crippen LogP contribution in [0, 0.1) is 5.92 Å². The van der Waals surface area contributed by atoms with Crippen molar-refractivity contribution in [1.82, 2.24) is 0 Å². The number of thiophene rings is 1. The second-order valence-electron chi connectivity index (χ2n) is 6.28. The molecule has 0 saturated heterocycles. The molecule has 138 valence electrons. The van der Waals surface area contributed by atoms with Gasteiger partial charge in [-0.05, 0) is 55.9 Å². The second kappa shape index (κ2) is 8.36. The average Bonchev–Trinajstić information content (AvgIpc) is 3.26. The molecule has 3 rings (SSSR count). The number of furan rings is 1. The Morgan fingerprint density at radius 2 is 2.27 bits per heavy atom. The standard InChI is InChI=1S/C20H23NO4S/c1-3-13-7-9-15-16(12-13)26-19(18(15)20(23)24-4-2)21-17(22)10-8-14-6-5-11-25-14/h5-6,8,10-11,13H,3-4,7,9,12H2,1-2H3,(H,21,22)/b10-8+. The maximum atomic E-state index is 12.5. The van der Waals surface area contributed by atoms with E-state index < -0.39 is 0 Å². The van der Waals surface area contributed by atoms with Crippen LogP contribution >= 0.6 is 11.3 Å². The van der Waals surface area contributed by atoms with Crippen LogP contribution in [-0.2, 0) is 22.4 Å². The fourth-order valence-corrected chi connectivity index (χ4v) is 4.56. The Morgan fingerprint density at radius 1 is 1.42 bits per heavy atom. The van der Waals surface area contributed by atoms with Gasteiger partial charge in [-0.25, -0.2) is 4.79 Å². The lowest BCUT2D eigenvalue weighted by Crippen LogP contribution is -2.16. The molecule has 1 N–H and O–H groups in total. The van der Waals surface area contributed by atoms with Crippen molar-refractivity contribution in [3.8, 4) is 0 Å². The van der Waals surface area contributed by atoms with Crippen molar-refractivity contribution in [1.29, 1.82) is 0 Å². The number of carbonyl (C=O) groups is 2. The van der Waals surface area contributed by atoms with Crippen LogP contribution in [0.1, 0.15) is 53.2 Å². The first kappa shape index (κ1) is 18.5. The summed E-state index contributed by atoms with van der Waals surface area (Å²) >= 11 is 1.50. The zero-order valence-corrected chi connectivity index (χ0v) is 15.9. The topological polar surface area (TPSA) is 68.5 Å². The number of nitrogens with one attached hydrogen (secondary N) is 1. The van der Waals surface area contributed by atoms with Gasteiger partial charge in [-0.2, -0.15) is 0 Å². The molecular weight excluding hydrogens is 350 g/mol. The largest absolute Gasteiger partial charge is 0.465 e. The molecule has 0 spiro atoms. The summed E-state index contributed by atoms with van der Waals surface area (Å²) in [4.78, 5) is 26.0. The van der Waals surface area contributed by atoms with Crippen LogP contribution in [0.4, 0.5) is 5.00 Å². The molecule has 2 aromatic heterocycles. The predicted octanol–water partition coefficient (Wildman–Crippen LogP) is 4.68. The van der Waals surface area contributed by atoms with Crippen LogP contribution in [0.3, 0.4) is 0 Å². The molecule has 0 aromatic carbocycles. The average molecular weight is 373 g/mol. The van der Waals surface area contributed by atoms with Gasteiger partial charge in [0.15, 0.2) is 0 Å². The molecule has 26 heavy (non-hydrogen) atoms. The fraction of sp³-hybridized carbons (Fsp3) is 0.400. The lowest BCUT2D eigenvalue weighted by atomic mass is 9.85. The van der Waals surface area contributed by atoms with Crippen molar-refractivity contribution in [2.24, 2.45) is 5.92 Å². The van der Waals surface area contributed by atoms with E-state index in [0.29, 0.717) is 28.8 Å². The first-order valence-electron chi connectivity index (χ1n) is 8.96. The van der Waals surface area contributed by atoms with E-state index in [4.69, 9.17) is 9.15 Å². The van der Waals surface area contributed by atoms with Gasteiger partial charge in [0.25, 0.3) is 0 Å². The minimum atomic E-state index is -0.356. The lowest BCUT2D eigenvalue weighted by Gasteiger charge is -2.20. The summed E-state index contributed by atoms with van der Waals surface area (Å²) in [5, 5.41) is 3.44. The summed E-state index contributed by atoms with van der Waals surface area (Å²) < 4.78 is 10.4. The number of anilines is 1. The number of esters is 1. The van der Waals surface area contributed by atoms with Crippen LogP contribution in [0.15, 0.2) is 28.9 Å². The monoisotopic (exact) mass is 373 g/mol. The van der Waals surface area contributed by atoms with Crippen LogP contribution in [-0.4, -0.2) is 18.5 Å². The number of fused-ring (bicyclic) bond motifs is 1. The summed E-state index contributed by atoms with van der Waals surface area (Å²) in [6.45, 7) is 4.29. The number of rotatable bonds is 6. The second-order valence-corrected chi connectivity index (χ2v) is 7.39. The molecule has 5 nitrogen and oxygen atoms in total. The van der Waals surface area contributed by atoms with Gasteiger partial charge in [0.2, 0.25) is 5.91 Å². The Balaban J connectivity index is 1.84. The predicted molar refractivity (Wildman–Crippen MR) is 102 cm³/mol. The Morgan fingerprint density at radius 3 is 2.96 bits per heavy atom. The highest BCUT2D eigenvalue weighted by atomic mass is 32.1. The molecule has 2 aromatic rings. The van der Waals surface area contributed by atoms with E-state index in [-0.39, 0.29) is 11.9 Å². The van der Waals surface area contributed by atoms with E-state index >= 15 is 0 Å². The van der Waals surface area contributed by atoms with Crippen LogP contribution in [0.5, 0.6) is 0 Å². The Bertz CT molecular complexity index is 804. The van der Waals surface area contributed by atoms with Gasteiger partial charge in [-0.3, -0.25) is 4.79 Å². The first-order valence-corrected chi connectivity index (χ1v) is 9.78. The zero-order chi connectivity index (χ0) is 18.5. The summed E-state index contributed by atoms with van der Waals surface area (Å²) in [6.07, 6.45) is 8.56. The van der Waals surface area contributed by atoms with Crippen molar-refractivity contribution in [2.45, 2.75) is 39.5 Å². The fourth-order valence-electron chi connectivity index (χ4n) is 3.21. The molecule has 1 atom stereocenters. The molecule has 0 bridgehead atoms. The zero-order valence-electron chi connectivity index (χ0n) is 15.0. The SMILES string of the molecule is CCOC(=O)c1c(NC(=O)/C=C/c2ccco2)sc2c1CCC(CC)C2. The normalized spacial score (nSPS) is 16.5. The van der Waals surface area contributed by atoms with Gasteiger partial charge in [0, 0.05) is 11.0 Å². The van der Waals surface area contributed by atoms with E-state index in [1.54, 1.807) is 31.4 Å². The van der Waals surface area contributed by atoms with E-state index in [1.165, 1.54) is 22.3 Å². The van der Waals surface area contributed by atoms with E-state index in [2.05, 4.69) is 12.2 Å². The van der Waals surface area contributed by atoms with Crippen LogP contribution in [0.2, 0.25) is 0 Å². The van der Waals surface area contributed by atoms with E-state index in [0.717, 1.165) is 31.2 Å². The molecule has 0 fully saturated rings. The van der Waals surface area contributed by atoms with E-state index in [9.17, 15) is 9.59 Å². The summed E-state index contributed by atoms with van der Waals surface area (Å²) in [7, 11) is 0. The van der Waals surface area contributed by atoms with Gasteiger partial charge in [-0.15, -0.1) is 11.3 Å². The minimum Gasteiger partial charge on any atom is -0.465 e. The van der Waals surface area contributed by atoms with Gasteiger partial charge in [0.05, 0.1) is 18.4 Å². The highest BCUT2D eigenvalue weighted by Gasteiger charge is 2.29. The number of hydrogen-bond acceptors (Lipinski definition) is 5. The van der Waals surface area contributed by atoms with Gasteiger partial charge in [0.1, 0.15) is 10.8 Å². The lowest BCUT2D eigenvalue weighted by molar-refractivity contribution is -0.111. The van der Waals surface area contributed by atoms with Crippen molar-refractivity contribution in [3.63, 3.8) is 0 Å².